The molecule has 0 saturated carbocycles. The molecule has 0 aliphatic carbocycles. The third kappa shape index (κ3) is 5.55. The Labute approximate surface area is 73.1 Å². The monoisotopic (exact) mass is 169 g/mol. The molecule has 0 aliphatic heterocycles. The Morgan fingerprint density at radius 1 is 1.18 bits per heavy atom. The van der Waals surface area contributed by atoms with E-state index in [9.17, 15) is 0 Å². The number of thiazole rings is 1. The molecule has 0 aromatic carbocycles. The van der Waals surface area contributed by atoms with Crippen molar-refractivity contribution in [1.29, 1.82) is 0 Å². The minimum Gasteiger partial charge on any atom is -0.250 e. The van der Waals surface area contributed by atoms with Crippen molar-refractivity contribution in [2.45, 2.75) is 13.8 Å². The molecule has 0 atom stereocenters. The summed E-state index contributed by atoms with van der Waals surface area (Å²) in [6.45, 7) is 16.1. The first-order chi connectivity index (χ1) is 5.30. The number of aromatic nitrogens is 1. The van der Waals surface area contributed by atoms with E-state index in [1.165, 1.54) is 4.88 Å². The van der Waals surface area contributed by atoms with Crippen LogP contribution in [0.1, 0.15) is 10.6 Å². The maximum atomic E-state index is 4.03. The molecule has 0 saturated heterocycles. The van der Waals surface area contributed by atoms with Crippen LogP contribution in [0.15, 0.2) is 31.8 Å². The maximum absolute atomic E-state index is 4.03. The molecule has 2 heteroatoms. The molecule has 0 amide bonds. The van der Waals surface area contributed by atoms with Crippen LogP contribution in [0.25, 0.3) is 0 Å². The van der Waals surface area contributed by atoms with E-state index < -0.39 is 0 Å². The molecule has 1 heterocycles. The smallest absolute Gasteiger partial charge is 0.0797 e. The second kappa shape index (κ2) is 9.11. The summed E-state index contributed by atoms with van der Waals surface area (Å²) >= 11 is 1.69. The van der Waals surface area contributed by atoms with Gasteiger partial charge < -0.3 is 0 Å². The molecular weight excluding hydrogens is 154 g/mol. The molecule has 0 unspecified atom stereocenters. The third-order valence-corrected chi connectivity index (χ3v) is 1.85. The van der Waals surface area contributed by atoms with Crippen molar-refractivity contribution in [3.8, 4) is 0 Å². The van der Waals surface area contributed by atoms with Crippen molar-refractivity contribution in [3.05, 3.63) is 42.4 Å². The largest absolute Gasteiger partial charge is 0.250 e. The summed E-state index contributed by atoms with van der Waals surface area (Å²) in [7, 11) is 0. The van der Waals surface area contributed by atoms with Crippen molar-refractivity contribution < 1.29 is 0 Å². The zero-order valence-electron chi connectivity index (χ0n) is 7.26. The number of rotatable bonds is 0. The maximum Gasteiger partial charge on any atom is 0.0797 e. The molecule has 0 fully saturated rings. The zero-order chi connectivity index (χ0) is 9.28. The van der Waals surface area contributed by atoms with E-state index >= 15 is 0 Å². The fourth-order valence-electron chi connectivity index (χ4n) is 0.361. The second-order valence-electron chi connectivity index (χ2n) is 1.49. The van der Waals surface area contributed by atoms with Crippen LogP contribution in [-0.2, 0) is 0 Å². The van der Waals surface area contributed by atoms with Gasteiger partial charge in [0, 0.05) is 4.88 Å². The van der Waals surface area contributed by atoms with Gasteiger partial charge in [-0.15, -0.1) is 37.7 Å². The lowest BCUT2D eigenvalue weighted by molar-refractivity contribution is 1.23. The molecular formula is C9H15NS. The highest BCUT2D eigenvalue weighted by molar-refractivity contribution is 7.09. The minimum absolute atomic E-state index is 1.16. The van der Waals surface area contributed by atoms with E-state index in [0.29, 0.717) is 0 Å². The summed E-state index contributed by atoms with van der Waals surface area (Å²) in [5.41, 5.74) is 3.02. The second-order valence-corrected chi connectivity index (χ2v) is 2.55. The average molecular weight is 169 g/mol. The Kier molecular flexibility index (Phi) is 10.6. The van der Waals surface area contributed by atoms with Crippen LogP contribution in [0, 0.1) is 13.8 Å². The molecule has 0 spiro atoms. The molecule has 0 aliphatic rings. The van der Waals surface area contributed by atoms with Crippen molar-refractivity contribution in [1.82, 2.24) is 4.98 Å². The Morgan fingerprint density at radius 2 is 1.64 bits per heavy atom. The summed E-state index contributed by atoms with van der Waals surface area (Å²) in [4.78, 5) is 5.35. The summed E-state index contributed by atoms with van der Waals surface area (Å²) in [5, 5.41) is 0. The summed E-state index contributed by atoms with van der Waals surface area (Å²) in [6, 6.07) is 0. The van der Waals surface area contributed by atoms with E-state index in [-0.39, 0.29) is 0 Å². The third-order valence-electron chi connectivity index (χ3n) is 0.985. The van der Waals surface area contributed by atoms with E-state index in [2.05, 4.69) is 38.2 Å². The lowest BCUT2D eigenvalue weighted by Crippen LogP contribution is -1.68. The van der Waals surface area contributed by atoms with Gasteiger partial charge in [0.05, 0.1) is 11.2 Å². The van der Waals surface area contributed by atoms with Crippen LogP contribution >= 0.6 is 11.3 Å². The van der Waals surface area contributed by atoms with Crippen LogP contribution < -0.4 is 0 Å². The normalized spacial score (nSPS) is 6.73. The number of aryl methyl sites for hydroxylation is 2. The lowest BCUT2D eigenvalue weighted by Gasteiger charge is -1.77. The Balaban J connectivity index is 0. The Morgan fingerprint density at radius 3 is 1.73 bits per heavy atom. The van der Waals surface area contributed by atoms with Crippen molar-refractivity contribution in [2.75, 3.05) is 0 Å². The van der Waals surface area contributed by atoms with Gasteiger partial charge in [-0.1, -0.05) is 0 Å². The number of hydrogen-bond acceptors (Lipinski definition) is 2. The van der Waals surface area contributed by atoms with Crippen LogP contribution in [0.5, 0.6) is 0 Å². The Bertz CT molecular complexity index is 163. The van der Waals surface area contributed by atoms with Crippen LogP contribution in [0.4, 0.5) is 0 Å². The molecule has 1 rings (SSSR count). The first-order valence-electron chi connectivity index (χ1n) is 3.17. The topological polar surface area (TPSA) is 12.9 Å². The summed E-state index contributed by atoms with van der Waals surface area (Å²) in [5.74, 6) is 0. The first kappa shape index (κ1) is 12.8. The van der Waals surface area contributed by atoms with Crippen molar-refractivity contribution in [3.63, 3.8) is 0 Å². The average Bonchev–Trinajstić information content (AvgIpc) is 2.44. The molecule has 0 bridgehead atoms. The van der Waals surface area contributed by atoms with Crippen LogP contribution in [0.2, 0.25) is 0 Å². The van der Waals surface area contributed by atoms with Crippen molar-refractivity contribution in [2.24, 2.45) is 0 Å². The lowest BCUT2D eigenvalue weighted by atomic mass is 10.4. The first-order valence-corrected chi connectivity index (χ1v) is 4.05. The predicted octanol–water partition coefficient (Wildman–Crippen LogP) is 3.36. The van der Waals surface area contributed by atoms with E-state index in [1.807, 2.05) is 12.4 Å². The minimum atomic E-state index is 1.16. The van der Waals surface area contributed by atoms with Crippen LogP contribution in [0.3, 0.4) is 0 Å². The van der Waals surface area contributed by atoms with Gasteiger partial charge in [-0.3, -0.25) is 0 Å². The predicted molar refractivity (Wildman–Crippen MR) is 54.1 cm³/mol. The highest BCUT2D eigenvalue weighted by Gasteiger charge is 1.88. The molecule has 1 aromatic rings. The van der Waals surface area contributed by atoms with Gasteiger partial charge in [-0.2, -0.15) is 0 Å². The van der Waals surface area contributed by atoms with Gasteiger partial charge in [0.15, 0.2) is 0 Å². The molecule has 1 aromatic heterocycles. The summed E-state index contributed by atoms with van der Waals surface area (Å²) < 4.78 is 0. The molecule has 1 nitrogen and oxygen atoms in total. The fraction of sp³-hybridized carbons (Fsp3) is 0.222. The van der Waals surface area contributed by atoms with E-state index in [4.69, 9.17) is 0 Å². The zero-order valence-corrected chi connectivity index (χ0v) is 8.08. The quantitative estimate of drug-likeness (QED) is 0.543. The molecule has 0 N–H and O–H groups in total. The van der Waals surface area contributed by atoms with Gasteiger partial charge in [-0.05, 0) is 13.8 Å². The van der Waals surface area contributed by atoms with E-state index in [0.717, 1.165) is 5.69 Å². The highest BCUT2D eigenvalue weighted by atomic mass is 32.1. The molecule has 62 valence electrons. The molecule has 11 heavy (non-hydrogen) atoms. The van der Waals surface area contributed by atoms with Crippen molar-refractivity contribution >= 4 is 11.3 Å². The van der Waals surface area contributed by atoms with Gasteiger partial charge in [0.25, 0.3) is 0 Å². The molecule has 0 radical (unpaired) electrons. The van der Waals surface area contributed by atoms with Gasteiger partial charge in [0.1, 0.15) is 0 Å². The fourth-order valence-corrected chi connectivity index (χ4v) is 0.953. The Hall–Kier alpha value is -0.890. The van der Waals surface area contributed by atoms with Gasteiger partial charge >= 0.3 is 0 Å². The standard InChI is InChI=1S/C5H7NS.2C2H4/c1-4-5(2)7-3-6-4;2*1-2/h3H,1-2H3;2*1-2H2. The number of hydrogen-bond donors (Lipinski definition) is 0. The summed E-state index contributed by atoms with van der Waals surface area (Å²) in [6.07, 6.45) is 0. The van der Waals surface area contributed by atoms with E-state index in [1.54, 1.807) is 11.3 Å². The van der Waals surface area contributed by atoms with Crippen LogP contribution in [-0.4, -0.2) is 4.98 Å². The van der Waals surface area contributed by atoms with Gasteiger partial charge in [-0.25, -0.2) is 4.98 Å². The van der Waals surface area contributed by atoms with Gasteiger partial charge in [0.2, 0.25) is 0 Å². The number of nitrogens with zero attached hydrogens (tertiary/aromatic N) is 1. The highest BCUT2D eigenvalue weighted by Crippen LogP contribution is 2.07. The SMILES string of the molecule is C=C.C=C.Cc1ncsc1C.